The summed E-state index contributed by atoms with van der Waals surface area (Å²) in [7, 11) is 0. The van der Waals surface area contributed by atoms with Gasteiger partial charge in [0.1, 0.15) is 0 Å². The molecule has 158 valence electrons. The van der Waals surface area contributed by atoms with Gasteiger partial charge in [0.05, 0.1) is 12.2 Å². The summed E-state index contributed by atoms with van der Waals surface area (Å²) in [5.74, 6) is -0.194. The summed E-state index contributed by atoms with van der Waals surface area (Å²) in [5.41, 5.74) is 6.81. The SMILES string of the molecule is Cc1cc(-c2ccc(NC(=O)/C=C/c3cnccc3-c3cnn(C4CC4)c3)cc2)ccn1. The summed E-state index contributed by atoms with van der Waals surface area (Å²) in [6.07, 6.45) is 15.0. The number of nitrogens with zero attached hydrogens (tertiary/aromatic N) is 4. The van der Waals surface area contributed by atoms with E-state index in [1.54, 1.807) is 24.7 Å². The Labute approximate surface area is 186 Å². The molecule has 0 saturated heterocycles. The van der Waals surface area contributed by atoms with Crippen LogP contribution in [0.4, 0.5) is 5.69 Å². The third-order valence-electron chi connectivity index (χ3n) is 5.48. The molecule has 0 atom stereocenters. The van der Waals surface area contributed by atoms with Gasteiger partial charge in [0.2, 0.25) is 5.91 Å². The lowest BCUT2D eigenvalue weighted by Crippen LogP contribution is -2.07. The lowest BCUT2D eigenvalue weighted by atomic mass is 10.0. The van der Waals surface area contributed by atoms with Crippen LogP contribution in [0.1, 0.15) is 30.1 Å². The Morgan fingerprint density at radius 3 is 2.66 bits per heavy atom. The van der Waals surface area contributed by atoms with E-state index in [1.165, 1.54) is 18.9 Å². The number of carbonyl (C=O) groups is 1. The van der Waals surface area contributed by atoms with E-state index >= 15 is 0 Å². The lowest BCUT2D eigenvalue weighted by Gasteiger charge is -2.06. The van der Waals surface area contributed by atoms with Crippen LogP contribution in [-0.4, -0.2) is 25.7 Å². The molecule has 1 N–H and O–H groups in total. The van der Waals surface area contributed by atoms with Gasteiger partial charge in [-0.2, -0.15) is 5.10 Å². The van der Waals surface area contributed by atoms with E-state index in [0.29, 0.717) is 6.04 Å². The Kier molecular flexibility index (Phi) is 5.34. The average Bonchev–Trinajstić information content (AvgIpc) is 3.55. The Bertz CT molecular complexity index is 1290. The van der Waals surface area contributed by atoms with Crippen LogP contribution >= 0.6 is 0 Å². The third-order valence-corrected chi connectivity index (χ3v) is 5.48. The fourth-order valence-electron chi connectivity index (χ4n) is 3.64. The summed E-state index contributed by atoms with van der Waals surface area (Å²) in [6.45, 7) is 1.97. The van der Waals surface area contributed by atoms with Gasteiger partial charge in [0.25, 0.3) is 0 Å². The standard InChI is InChI=1S/C26H23N5O/c1-18-14-20(10-13-28-18)19-2-5-23(6-3-19)30-26(32)9-4-21-15-27-12-11-25(21)22-16-29-31(17-22)24-7-8-24/h2-6,9-17,24H,7-8H2,1H3,(H,30,32)/b9-4+. The van der Waals surface area contributed by atoms with E-state index in [2.05, 4.69) is 26.6 Å². The van der Waals surface area contributed by atoms with Crippen molar-refractivity contribution in [2.45, 2.75) is 25.8 Å². The maximum Gasteiger partial charge on any atom is 0.248 e. The van der Waals surface area contributed by atoms with Crippen molar-refractivity contribution in [1.29, 1.82) is 0 Å². The molecular weight excluding hydrogens is 398 g/mol. The fraction of sp³-hybridized carbons (Fsp3) is 0.154. The van der Waals surface area contributed by atoms with Crippen molar-refractivity contribution in [3.8, 4) is 22.3 Å². The van der Waals surface area contributed by atoms with E-state index in [0.717, 1.165) is 39.2 Å². The Hall–Kier alpha value is -4.06. The molecular formula is C26H23N5O. The Morgan fingerprint density at radius 2 is 1.88 bits per heavy atom. The first-order chi connectivity index (χ1) is 15.7. The van der Waals surface area contributed by atoms with Crippen molar-refractivity contribution < 1.29 is 4.79 Å². The zero-order chi connectivity index (χ0) is 21.9. The second-order valence-electron chi connectivity index (χ2n) is 7.99. The zero-order valence-electron chi connectivity index (χ0n) is 17.8. The second-order valence-corrected chi connectivity index (χ2v) is 7.99. The summed E-state index contributed by atoms with van der Waals surface area (Å²) in [5, 5.41) is 7.38. The molecule has 4 aromatic rings. The molecule has 5 rings (SSSR count). The maximum absolute atomic E-state index is 12.5. The maximum atomic E-state index is 12.5. The molecule has 3 heterocycles. The quantitative estimate of drug-likeness (QED) is 0.429. The molecule has 1 fully saturated rings. The van der Waals surface area contributed by atoms with Gasteiger partial charge >= 0.3 is 0 Å². The van der Waals surface area contributed by atoms with Gasteiger partial charge in [-0.15, -0.1) is 0 Å². The van der Waals surface area contributed by atoms with Crippen molar-refractivity contribution >= 4 is 17.7 Å². The highest BCUT2D eigenvalue weighted by molar-refractivity contribution is 6.02. The van der Waals surface area contributed by atoms with Crippen molar-refractivity contribution in [2.24, 2.45) is 0 Å². The monoisotopic (exact) mass is 421 g/mol. The molecule has 1 aliphatic rings. The highest BCUT2D eigenvalue weighted by atomic mass is 16.1. The highest BCUT2D eigenvalue weighted by Crippen LogP contribution is 2.35. The Balaban J connectivity index is 1.28. The van der Waals surface area contributed by atoms with E-state index in [-0.39, 0.29) is 5.91 Å². The molecule has 32 heavy (non-hydrogen) atoms. The van der Waals surface area contributed by atoms with Gasteiger partial charge in [-0.1, -0.05) is 12.1 Å². The number of rotatable bonds is 6. The first-order valence-electron chi connectivity index (χ1n) is 10.7. The van der Waals surface area contributed by atoms with Crippen molar-refractivity contribution in [2.75, 3.05) is 5.32 Å². The average molecular weight is 422 g/mol. The zero-order valence-corrected chi connectivity index (χ0v) is 17.8. The van der Waals surface area contributed by atoms with Crippen molar-refractivity contribution in [3.05, 3.63) is 90.8 Å². The van der Waals surface area contributed by atoms with Crippen LogP contribution in [0.3, 0.4) is 0 Å². The minimum atomic E-state index is -0.194. The van der Waals surface area contributed by atoms with Gasteiger partial charge in [0.15, 0.2) is 0 Å². The number of aromatic nitrogens is 4. The number of amides is 1. The number of anilines is 1. The molecule has 0 unspecified atom stereocenters. The Morgan fingerprint density at radius 1 is 1.03 bits per heavy atom. The molecule has 0 aliphatic heterocycles. The molecule has 1 amide bonds. The molecule has 1 aromatic carbocycles. The number of nitrogens with one attached hydrogen (secondary N) is 1. The smallest absolute Gasteiger partial charge is 0.248 e. The molecule has 6 nitrogen and oxygen atoms in total. The molecule has 1 saturated carbocycles. The number of hydrogen-bond acceptors (Lipinski definition) is 4. The number of carbonyl (C=O) groups excluding carboxylic acids is 1. The minimum absolute atomic E-state index is 0.194. The van der Waals surface area contributed by atoms with Crippen LogP contribution in [0.2, 0.25) is 0 Å². The van der Waals surface area contributed by atoms with Crippen molar-refractivity contribution in [1.82, 2.24) is 19.7 Å². The largest absolute Gasteiger partial charge is 0.323 e. The van der Waals surface area contributed by atoms with Gasteiger partial charge in [0, 0.05) is 53.4 Å². The van der Waals surface area contributed by atoms with Crippen LogP contribution in [-0.2, 0) is 4.79 Å². The molecule has 1 aliphatic carbocycles. The number of pyridine rings is 2. The normalized spacial score (nSPS) is 13.4. The van der Waals surface area contributed by atoms with Crippen LogP contribution in [0, 0.1) is 6.92 Å². The van der Waals surface area contributed by atoms with Crippen LogP contribution in [0.15, 0.2) is 79.5 Å². The van der Waals surface area contributed by atoms with Gasteiger partial charge in [-0.25, -0.2) is 0 Å². The highest BCUT2D eigenvalue weighted by Gasteiger charge is 2.24. The lowest BCUT2D eigenvalue weighted by molar-refractivity contribution is -0.111. The van der Waals surface area contributed by atoms with Gasteiger partial charge in [-0.05, 0) is 72.9 Å². The van der Waals surface area contributed by atoms with Gasteiger partial charge < -0.3 is 5.32 Å². The minimum Gasteiger partial charge on any atom is -0.323 e. The molecule has 0 spiro atoms. The summed E-state index contributed by atoms with van der Waals surface area (Å²) in [6, 6.07) is 14.3. The predicted octanol–water partition coefficient (Wildman–Crippen LogP) is 5.30. The van der Waals surface area contributed by atoms with E-state index in [1.807, 2.05) is 60.3 Å². The summed E-state index contributed by atoms with van der Waals surface area (Å²) < 4.78 is 2.02. The molecule has 0 radical (unpaired) electrons. The van der Waals surface area contributed by atoms with E-state index in [4.69, 9.17) is 0 Å². The molecule has 0 bridgehead atoms. The molecule has 6 heteroatoms. The van der Waals surface area contributed by atoms with E-state index in [9.17, 15) is 4.79 Å². The van der Waals surface area contributed by atoms with Gasteiger partial charge in [-0.3, -0.25) is 19.4 Å². The topological polar surface area (TPSA) is 72.7 Å². The van der Waals surface area contributed by atoms with Crippen LogP contribution in [0.25, 0.3) is 28.3 Å². The summed E-state index contributed by atoms with van der Waals surface area (Å²) in [4.78, 5) is 20.9. The second kappa shape index (κ2) is 8.59. The molecule has 3 aromatic heterocycles. The fourth-order valence-corrected chi connectivity index (χ4v) is 3.64. The number of hydrogen-bond donors (Lipinski definition) is 1. The van der Waals surface area contributed by atoms with E-state index < -0.39 is 0 Å². The summed E-state index contributed by atoms with van der Waals surface area (Å²) >= 11 is 0. The van der Waals surface area contributed by atoms with Crippen molar-refractivity contribution in [3.63, 3.8) is 0 Å². The van der Waals surface area contributed by atoms with Crippen LogP contribution < -0.4 is 5.32 Å². The first kappa shape index (κ1) is 19.9. The predicted molar refractivity (Wildman–Crippen MR) is 126 cm³/mol. The first-order valence-corrected chi connectivity index (χ1v) is 10.7. The third kappa shape index (κ3) is 4.49. The number of aryl methyl sites for hydroxylation is 1. The van der Waals surface area contributed by atoms with Crippen LogP contribution in [0.5, 0.6) is 0 Å². The number of benzene rings is 1.